The van der Waals surface area contributed by atoms with Gasteiger partial charge in [-0.25, -0.2) is 4.79 Å². The van der Waals surface area contributed by atoms with E-state index in [9.17, 15) is 15.0 Å². The highest BCUT2D eigenvalue weighted by atomic mass is 16.4. The molecule has 0 bridgehead atoms. The molecule has 0 aromatic carbocycles. The van der Waals surface area contributed by atoms with Crippen molar-refractivity contribution in [3.8, 4) is 0 Å². The van der Waals surface area contributed by atoms with Crippen LogP contribution in [0.5, 0.6) is 0 Å². The molecule has 0 heterocycles. The molecule has 3 unspecified atom stereocenters. The van der Waals surface area contributed by atoms with Crippen molar-refractivity contribution < 1.29 is 15.0 Å². The molecular formula is C32H50O3. The number of carbonyl (C=O) groups is 1. The summed E-state index contributed by atoms with van der Waals surface area (Å²) in [5.74, 6) is 0.862. The number of hydrogen-bond donors (Lipinski definition) is 2. The average molecular weight is 483 g/mol. The van der Waals surface area contributed by atoms with Crippen LogP contribution in [0.25, 0.3) is 0 Å². The van der Waals surface area contributed by atoms with Crippen LogP contribution < -0.4 is 0 Å². The molecule has 0 saturated heterocycles. The van der Waals surface area contributed by atoms with Gasteiger partial charge in [-0.15, -0.1) is 0 Å². The molecule has 0 aliphatic heterocycles. The summed E-state index contributed by atoms with van der Waals surface area (Å²) in [4.78, 5) is 11.6. The molecule has 5 aliphatic carbocycles. The van der Waals surface area contributed by atoms with Crippen molar-refractivity contribution in [2.75, 3.05) is 0 Å². The molecule has 0 aromatic rings. The standard InChI is InChI=1S/C32H50O3/c1-27(2)16-18-32(15-12-26(34)35)19-17-30(6)21(22(32)20-27)8-9-24-29(5)13-11-25(33)28(3,4)23(29)10-14-31(24,30)7/h8,12,15,22-25,33H,9-11,13-14,16-20H2,1-7H3,(H,34,35)/b15-12+/t22?,23?,24?,25-,29-,30+,31+,32+/m0/s1. The van der Waals surface area contributed by atoms with Crippen molar-refractivity contribution in [3.05, 3.63) is 23.8 Å². The summed E-state index contributed by atoms with van der Waals surface area (Å²) in [5, 5.41) is 20.4. The zero-order valence-corrected chi connectivity index (χ0v) is 23.4. The molecule has 0 aromatic heterocycles. The zero-order chi connectivity index (χ0) is 25.7. The van der Waals surface area contributed by atoms with E-state index in [1.54, 1.807) is 5.57 Å². The van der Waals surface area contributed by atoms with Crippen molar-refractivity contribution >= 4 is 5.97 Å². The number of aliphatic hydroxyl groups excluding tert-OH is 1. The van der Waals surface area contributed by atoms with Crippen LogP contribution in [0.2, 0.25) is 0 Å². The number of aliphatic hydroxyl groups is 1. The Morgan fingerprint density at radius 2 is 1.60 bits per heavy atom. The van der Waals surface area contributed by atoms with Gasteiger partial charge in [0.15, 0.2) is 0 Å². The number of hydrogen-bond acceptors (Lipinski definition) is 2. The van der Waals surface area contributed by atoms with E-state index in [-0.39, 0.29) is 33.2 Å². The fourth-order valence-electron chi connectivity index (χ4n) is 10.8. The Balaban J connectivity index is 1.58. The van der Waals surface area contributed by atoms with Gasteiger partial charge in [-0.2, -0.15) is 0 Å². The Bertz CT molecular complexity index is 958. The Hall–Kier alpha value is -1.09. The number of fused-ring (bicyclic) bond motifs is 7. The average Bonchev–Trinajstić information content (AvgIpc) is 2.76. The summed E-state index contributed by atoms with van der Waals surface area (Å²) in [6.45, 7) is 17.3. The van der Waals surface area contributed by atoms with Gasteiger partial charge in [0.2, 0.25) is 0 Å². The van der Waals surface area contributed by atoms with Gasteiger partial charge in [-0.1, -0.05) is 66.2 Å². The third-order valence-electron chi connectivity index (χ3n) is 13.2. The van der Waals surface area contributed by atoms with Gasteiger partial charge in [0.25, 0.3) is 0 Å². The molecular weight excluding hydrogens is 432 g/mol. The third kappa shape index (κ3) is 3.42. The lowest BCUT2D eigenvalue weighted by atomic mass is 9.33. The Kier molecular flexibility index (Phi) is 5.63. The normalized spacial score (nSPS) is 50.3. The summed E-state index contributed by atoms with van der Waals surface area (Å²) in [6.07, 6.45) is 17.4. The molecule has 4 fully saturated rings. The molecule has 3 heteroatoms. The van der Waals surface area contributed by atoms with Crippen LogP contribution >= 0.6 is 0 Å². The number of rotatable bonds is 2. The first-order chi connectivity index (χ1) is 16.1. The van der Waals surface area contributed by atoms with Crippen molar-refractivity contribution in [1.29, 1.82) is 0 Å². The molecule has 0 radical (unpaired) electrons. The van der Waals surface area contributed by atoms with Crippen LogP contribution in [0, 0.1) is 50.2 Å². The molecule has 8 atom stereocenters. The number of allylic oxidation sites excluding steroid dienone is 3. The van der Waals surface area contributed by atoms with Crippen molar-refractivity contribution in [3.63, 3.8) is 0 Å². The molecule has 2 N–H and O–H groups in total. The van der Waals surface area contributed by atoms with Crippen LogP contribution in [0.3, 0.4) is 0 Å². The molecule has 5 rings (SSSR count). The predicted molar refractivity (Wildman–Crippen MR) is 142 cm³/mol. The summed E-state index contributed by atoms with van der Waals surface area (Å²) >= 11 is 0. The highest BCUT2D eigenvalue weighted by molar-refractivity contribution is 5.79. The maximum Gasteiger partial charge on any atom is 0.327 e. The lowest BCUT2D eigenvalue weighted by molar-refractivity contribution is -0.202. The Labute approximate surface area is 213 Å². The smallest absolute Gasteiger partial charge is 0.327 e. The van der Waals surface area contributed by atoms with Crippen LogP contribution in [-0.4, -0.2) is 22.3 Å². The van der Waals surface area contributed by atoms with Crippen molar-refractivity contribution in [1.82, 2.24) is 0 Å². The summed E-state index contributed by atoms with van der Waals surface area (Å²) < 4.78 is 0. The van der Waals surface area contributed by atoms with E-state index in [0.29, 0.717) is 23.2 Å². The predicted octanol–water partition coefficient (Wildman–Crippen LogP) is 7.79. The van der Waals surface area contributed by atoms with E-state index in [1.165, 1.54) is 31.8 Å². The first-order valence-corrected chi connectivity index (χ1v) is 14.4. The fraction of sp³-hybridized carbons (Fsp3) is 0.844. The maximum atomic E-state index is 11.6. The lowest BCUT2D eigenvalue weighted by Crippen LogP contribution is -2.64. The maximum absolute atomic E-state index is 11.6. The van der Waals surface area contributed by atoms with Crippen LogP contribution in [-0.2, 0) is 4.79 Å². The van der Waals surface area contributed by atoms with E-state index < -0.39 is 5.97 Å². The molecule has 4 saturated carbocycles. The van der Waals surface area contributed by atoms with Crippen molar-refractivity contribution in [2.45, 2.75) is 119 Å². The highest BCUT2D eigenvalue weighted by Gasteiger charge is 2.68. The second kappa shape index (κ2) is 7.71. The fourth-order valence-corrected chi connectivity index (χ4v) is 10.8. The third-order valence-corrected chi connectivity index (χ3v) is 13.2. The monoisotopic (exact) mass is 482 g/mol. The SMILES string of the molecule is CC1(C)CC[C@]2(/C=C/C(=O)O)CC[C@]3(C)C(=CCC4[C@@]5(C)CC[C@H](O)C(C)(C)C5CC[C@]43C)C2C1. The quantitative estimate of drug-likeness (QED) is 0.312. The van der Waals surface area contributed by atoms with E-state index in [0.717, 1.165) is 38.5 Å². The molecule has 0 spiro atoms. The van der Waals surface area contributed by atoms with Crippen LogP contribution in [0.4, 0.5) is 0 Å². The molecule has 0 amide bonds. The molecule has 196 valence electrons. The van der Waals surface area contributed by atoms with Crippen LogP contribution in [0.15, 0.2) is 23.8 Å². The largest absolute Gasteiger partial charge is 0.478 e. The van der Waals surface area contributed by atoms with Gasteiger partial charge >= 0.3 is 5.97 Å². The first kappa shape index (κ1) is 25.6. The summed E-state index contributed by atoms with van der Waals surface area (Å²) in [5.41, 5.74) is 2.64. The topological polar surface area (TPSA) is 57.5 Å². The minimum atomic E-state index is -0.811. The lowest BCUT2D eigenvalue weighted by Gasteiger charge is -2.71. The van der Waals surface area contributed by atoms with E-state index in [1.807, 2.05) is 0 Å². The minimum absolute atomic E-state index is 0.000489. The highest BCUT2D eigenvalue weighted by Crippen LogP contribution is 2.75. The van der Waals surface area contributed by atoms with E-state index >= 15 is 0 Å². The second-order valence-corrected chi connectivity index (χ2v) is 15.5. The number of aliphatic carboxylic acids is 1. The first-order valence-electron chi connectivity index (χ1n) is 14.4. The van der Waals surface area contributed by atoms with Gasteiger partial charge in [-0.05, 0) is 114 Å². The molecule has 35 heavy (non-hydrogen) atoms. The number of carboxylic acids is 1. The Morgan fingerprint density at radius 1 is 0.914 bits per heavy atom. The Morgan fingerprint density at radius 3 is 2.29 bits per heavy atom. The zero-order valence-electron chi connectivity index (χ0n) is 23.4. The number of carboxylic acid groups (broad SMARTS) is 1. The van der Waals surface area contributed by atoms with E-state index in [2.05, 4.69) is 60.6 Å². The van der Waals surface area contributed by atoms with Gasteiger partial charge < -0.3 is 10.2 Å². The van der Waals surface area contributed by atoms with Gasteiger partial charge in [0.1, 0.15) is 0 Å². The molecule has 3 nitrogen and oxygen atoms in total. The van der Waals surface area contributed by atoms with Crippen LogP contribution in [0.1, 0.15) is 113 Å². The van der Waals surface area contributed by atoms with Crippen molar-refractivity contribution in [2.24, 2.45) is 50.2 Å². The summed E-state index contributed by atoms with van der Waals surface area (Å²) in [7, 11) is 0. The summed E-state index contributed by atoms with van der Waals surface area (Å²) in [6, 6.07) is 0. The second-order valence-electron chi connectivity index (χ2n) is 15.5. The molecule has 5 aliphatic rings. The minimum Gasteiger partial charge on any atom is -0.478 e. The van der Waals surface area contributed by atoms with Gasteiger partial charge in [0.05, 0.1) is 6.10 Å². The van der Waals surface area contributed by atoms with Gasteiger partial charge in [-0.3, -0.25) is 0 Å². The van der Waals surface area contributed by atoms with E-state index in [4.69, 9.17) is 0 Å². The van der Waals surface area contributed by atoms with Gasteiger partial charge in [0, 0.05) is 6.08 Å².